The number of carbonyl (C=O) groups excluding carboxylic acids is 1. The fraction of sp³-hybridized carbons (Fsp3) is 0.500. The summed E-state index contributed by atoms with van der Waals surface area (Å²) in [5.41, 5.74) is 2.03. The number of hydrogen-bond donors (Lipinski definition) is 0. The standard InChI is InChI=1S/C14H21NO/c1-5-13(15(3)4)11-9-7-8-10-12(11)14(16)6-2/h7-10,13H,5-6H2,1-4H3. The molecule has 1 aromatic carbocycles. The van der Waals surface area contributed by atoms with Gasteiger partial charge in [0.15, 0.2) is 5.78 Å². The summed E-state index contributed by atoms with van der Waals surface area (Å²) in [5.74, 6) is 0.232. The van der Waals surface area contributed by atoms with Crippen LogP contribution in [0.15, 0.2) is 24.3 Å². The van der Waals surface area contributed by atoms with Crippen molar-refractivity contribution in [3.63, 3.8) is 0 Å². The van der Waals surface area contributed by atoms with Gasteiger partial charge in [-0.25, -0.2) is 0 Å². The van der Waals surface area contributed by atoms with Crippen molar-refractivity contribution in [3.05, 3.63) is 35.4 Å². The van der Waals surface area contributed by atoms with E-state index in [9.17, 15) is 4.79 Å². The molecule has 0 amide bonds. The monoisotopic (exact) mass is 219 g/mol. The third-order valence-corrected chi connectivity index (χ3v) is 2.95. The van der Waals surface area contributed by atoms with Gasteiger partial charge in [0, 0.05) is 18.0 Å². The number of ketones is 1. The van der Waals surface area contributed by atoms with E-state index in [0.29, 0.717) is 12.5 Å². The average Bonchev–Trinajstić information content (AvgIpc) is 2.29. The molecule has 1 rings (SSSR count). The van der Waals surface area contributed by atoms with Crippen LogP contribution in [0.1, 0.15) is 48.7 Å². The Hall–Kier alpha value is -1.15. The van der Waals surface area contributed by atoms with Gasteiger partial charge in [-0.05, 0) is 26.1 Å². The largest absolute Gasteiger partial charge is 0.302 e. The fourth-order valence-corrected chi connectivity index (χ4v) is 2.10. The van der Waals surface area contributed by atoms with Gasteiger partial charge in [0.1, 0.15) is 0 Å². The molecule has 0 radical (unpaired) electrons. The predicted octanol–water partition coefficient (Wildman–Crippen LogP) is 3.29. The maximum Gasteiger partial charge on any atom is 0.162 e. The average molecular weight is 219 g/mol. The van der Waals surface area contributed by atoms with Crippen LogP contribution in [0.4, 0.5) is 0 Å². The highest BCUT2D eigenvalue weighted by Crippen LogP contribution is 2.25. The Morgan fingerprint density at radius 1 is 1.25 bits per heavy atom. The molecular weight excluding hydrogens is 198 g/mol. The Labute approximate surface area is 98.3 Å². The van der Waals surface area contributed by atoms with Crippen molar-refractivity contribution in [1.82, 2.24) is 4.90 Å². The molecule has 1 atom stereocenters. The molecule has 0 N–H and O–H groups in total. The van der Waals surface area contributed by atoms with E-state index < -0.39 is 0 Å². The molecule has 0 fully saturated rings. The Bertz CT molecular complexity index is 358. The molecule has 1 unspecified atom stereocenters. The summed E-state index contributed by atoms with van der Waals surface area (Å²) in [4.78, 5) is 14.0. The lowest BCUT2D eigenvalue weighted by Crippen LogP contribution is -2.21. The molecule has 16 heavy (non-hydrogen) atoms. The molecule has 2 heteroatoms. The van der Waals surface area contributed by atoms with Gasteiger partial charge >= 0.3 is 0 Å². The number of benzene rings is 1. The zero-order valence-electron chi connectivity index (χ0n) is 10.7. The zero-order chi connectivity index (χ0) is 12.1. The van der Waals surface area contributed by atoms with Crippen molar-refractivity contribution in [2.24, 2.45) is 0 Å². The summed E-state index contributed by atoms with van der Waals surface area (Å²) in [6.45, 7) is 4.06. The first-order valence-electron chi connectivity index (χ1n) is 5.90. The number of Topliss-reactive ketones (excluding diaryl/α,β-unsaturated/α-hetero) is 1. The summed E-state index contributed by atoms with van der Waals surface area (Å²) < 4.78 is 0. The fourth-order valence-electron chi connectivity index (χ4n) is 2.10. The van der Waals surface area contributed by atoms with Crippen LogP contribution in [0.3, 0.4) is 0 Å². The van der Waals surface area contributed by atoms with Gasteiger partial charge < -0.3 is 4.90 Å². The maximum absolute atomic E-state index is 11.9. The van der Waals surface area contributed by atoms with E-state index in [-0.39, 0.29) is 5.78 Å². The molecule has 88 valence electrons. The first-order chi connectivity index (χ1) is 7.61. The quantitative estimate of drug-likeness (QED) is 0.708. The van der Waals surface area contributed by atoms with Gasteiger partial charge in [0.05, 0.1) is 0 Å². The molecule has 2 nitrogen and oxygen atoms in total. The molecule has 0 heterocycles. The molecule has 1 aromatic rings. The lowest BCUT2D eigenvalue weighted by Gasteiger charge is -2.25. The lowest BCUT2D eigenvalue weighted by molar-refractivity contribution is 0.0985. The molecular formula is C14H21NO. The highest BCUT2D eigenvalue weighted by atomic mass is 16.1. The van der Waals surface area contributed by atoms with Crippen molar-refractivity contribution in [2.45, 2.75) is 32.7 Å². The Morgan fingerprint density at radius 2 is 1.88 bits per heavy atom. The zero-order valence-corrected chi connectivity index (χ0v) is 10.7. The summed E-state index contributed by atoms with van der Waals surface area (Å²) in [7, 11) is 4.11. The van der Waals surface area contributed by atoms with Gasteiger partial charge in [-0.1, -0.05) is 38.1 Å². The third-order valence-electron chi connectivity index (χ3n) is 2.95. The number of rotatable bonds is 5. The predicted molar refractivity (Wildman–Crippen MR) is 67.8 cm³/mol. The van der Waals surface area contributed by atoms with Crippen molar-refractivity contribution in [3.8, 4) is 0 Å². The summed E-state index contributed by atoms with van der Waals surface area (Å²) >= 11 is 0. The van der Waals surface area contributed by atoms with Gasteiger partial charge in [-0.15, -0.1) is 0 Å². The van der Waals surface area contributed by atoms with E-state index in [1.54, 1.807) is 0 Å². The van der Waals surface area contributed by atoms with Crippen molar-refractivity contribution >= 4 is 5.78 Å². The van der Waals surface area contributed by atoms with Crippen LogP contribution in [0.2, 0.25) is 0 Å². The summed E-state index contributed by atoms with van der Waals surface area (Å²) in [5, 5.41) is 0. The Kier molecular flexibility index (Phi) is 4.69. The second-order valence-electron chi connectivity index (χ2n) is 4.25. The first-order valence-corrected chi connectivity index (χ1v) is 5.90. The van der Waals surface area contributed by atoms with E-state index in [1.807, 2.05) is 25.1 Å². The second-order valence-corrected chi connectivity index (χ2v) is 4.25. The van der Waals surface area contributed by atoms with E-state index in [1.165, 1.54) is 0 Å². The number of carbonyl (C=O) groups is 1. The molecule has 0 bridgehead atoms. The van der Waals surface area contributed by atoms with Crippen molar-refractivity contribution in [1.29, 1.82) is 0 Å². The van der Waals surface area contributed by atoms with Gasteiger partial charge in [0.2, 0.25) is 0 Å². The van der Waals surface area contributed by atoms with Crippen LogP contribution in [-0.4, -0.2) is 24.8 Å². The highest BCUT2D eigenvalue weighted by Gasteiger charge is 2.17. The maximum atomic E-state index is 11.9. The van der Waals surface area contributed by atoms with Crippen LogP contribution in [0.25, 0.3) is 0 Å². The topological polar surface area (TPSA) is 20.3 Å². The van der Waals surface area contributed by atoms with E-state index >= 15 is 0 Å². The number of nitrogens with zero attached hydrogens (tertiary/aromatic N) is 1. The minimum Gasteiger partial charge on any atom is -0.302 e. The Morgan fingerprint density at radius 3 is 2.38 bits per heavy atom. The van der Waals surface area contributed by atoms with E-state index in [4.69, 9.17) is 0 Å². The highest BCUT2D eigenvalue weighted by molar-refractivity contribution is 5.97. The normalized spacial score (nSPS) is 12.8. The van der Waals surface area contributed by atoms with Crippen molar-refractivity contribution in [2.75, 3.05) is 14.1 Å². The summed E-state index contributed by atoms with van der Waals surface area (Å²) in [6.07, 6.45) is 1.59. The lowest BCUT2D eigenvalue weighted by atomic mass is 9.94. The first kappa shape index (κ1) is 12.9. The minimum absolute atomic E-state index is 0.232. The minimum atomic E-state index is 0.232. The van der Waals surface area contributed by atoms with Gasteiger partial charge in [0.25, 0.3) is 0 Å². The van der Waals surface area contributed by atoms with Gasteiger partial charge in [-0.2, -0.15) is 0 Å². The van der Waals surface area contributed by atoms with Crippen LogP contribution < -0.4 is 0 Å². The molecule has 0 aliphatic carbocycles. The Balaban J connectivity index is 3.16. The van der Waals surface area contributed by atoms with Crippen molar-refractivity contribution < 1.29 is 4.79 Å². The molecule has 0 spiro atoms. The van der Waals surface area contributed by atoms with E-state index in [0.717, 1.165) is 17.5 Å². The smallest absolute Gasteiger partial charge is 0.162 e. The molecule has 0 saturated carbocycles. The molecule has 0 aliphatic heterocycles. The van der Waals surface area contributed by atoms with Crippen LogP contribution >= 0.6 is 0 Å². The van der Waals surface area contributed by atoms with E-state index in [2.05, 4.69) is 32.0 Å². The molecule has 0 aromatic heterocycles. The SMILES string of the molecule is CCC(=O)c1ccccc1C(CC)N(C)C. The van der Waals surface area contributed by atoms with Crippen LogP contribution in [-0.2, 0) is 0 Å². The van der Waals surface area contributed by atoms with Gasteiger partial charge in [-0.3, -0.25) is 4.79 Å². The molecule has 0 saturated heterocycles. The second kappa shape index (κ2) is 5.80. The number of hydrogen-bond acceptors (Lipinski definition) is 2. The molecule has 0 aliphatic rings. The third kappa shape index (κ3) is 2.70. The van der Waals surface area contributed by atoms with Crippen LogP contribution in [0.5, 0.6) is 0 Å². The summed E-state index contributed by atoms with van der Waals surface area (Å²) in [6, 6.07) is 8.28. The van der Waals surface area contributed by atoms with Crippen LogP contribution in [0, 0.1) is 0 Å².